The van der Waals surface area contributed by atoms with Gasteiger partial charge in [0.1, 0.15) is 23.1 Å². The molecule has 0 aromatic carbocycles. The third-order valence-electron chi connectivity index (χ3n) is 5.48. The zero-order valence-corrected chi connectivity index (χ0v) is 19.8. The number of likely N-dealkylation sites (N-methyl/N-ethyl adjacent to an activating group) is 1. The van der Waals surface area contributed by atoms with Gasteiger partial charge in [-0.05, 0) is 18.6 Å². The number of imide groups is 1. The number of pyridine rings is 1. The molecular weight excluding hydrogens is 532 g/mol. The number of nitrogens with zero attached hydrogens (tertiary/aromatic N) is 6. The van der Waals surface area contributed by atoms with Crippen molar-refractivity contribution in [1.29, 1.82) is 0 Å². The molecule has 2 unspecified atom stereocenters. The van der Waals surface area contributed by atoms with Crippen LogP contribution in [-0.4, -0.2) is 87.4 Å². The van der Waals surface area contributed by atoms with E-state index in [0.717, 1.165) is 33.7 Å². The summed E-state index contributed by atoms with van der Waals surface area (Å²) >= 11 is 1.04. The van der Waals surface area contributed by atoms with Crippen molar-refractivity contribution in [2.45, 2.75) is 31.5 Å². The van der Waals surface area contributed by atoms with E-state index >= 15 is 0 Å². The van der Waals surface area contributed by atoms with Crippen LogP contribution < -0.4 is 5.32 Å². The lowest BCUT2D eigenvalue weighted by Gasteiger charge is -2.41. The van der Waals surface area contributed by atoms with Gasteiger partial charge >= 0.3 is 18.4 Å². The Morgan fingerprint density at radius 2 is 1.89 bits per heavy atom. The van der Waals surface area contributed by atoms with E-state index in [2.05, 4.69) is 20.3 Å². The minimum atomic E-state index is -4.82. The first-order chi connectivity index (χ1) is 17.2. The van der Waals surface area contributed by atoms with Crippen molar-refractivity contribution < 1.29 is 40.7 Å². The Morgan fingerprint density at radius 3 is 2.51 bits per heavy atom. The van der Waals surface area contributed by atoms with Crippen LogP contribution in [0.3, 0.4) is 0 Å². The van der Waals surface area contributed by atoms with Gasteiger partial charge in [-0.1, -0.05) is 0 Å². The number of nitrogens with one attached hydrogen (secondary N) is 1. The zero-order valence-electron chi connectivity index (χ0n) is 19.0. The number of amides is 4. The maximum atomic E-state index is 12.9. The van der Waals surface area contributed by atoms with Gasteiger partial charge in [-0.25, -0.2) is 14.8 Å². The molecule has 0 aliphatic carbocycles. The highest BCUT2D eigenvalue weighted by atomic mass is 32.1. The third-order valence-corrected chi connectivity index (χ3v) is 6.38. The molecule has 2 aromatic rings. The summed E-state index contributed by atoms with van der Waals surface area (Å²) in [6.45, 7) is -1.02. The normalized spacial score (nSPS) is 20.1. The van der Waals surface area contributed by atoms with E-state index in [-0.39, 0.29) is 21.3 Å². The molecule has 17 heteroatoms. The molecule has 2 aromatic heterocycles. The number of aryl methyl sites for hydroxylation is 1. The number of alkyl halides is 6. The van der Waals surface area contributed by atoms with Crippen LogP contribution in [0.15, 0.2) is 22.6 Å². The van der Waals surface area contributed by atoms with Crippen molar-refractivity contribution in [2.75, 3.05) is 25.5 Å². The fourth-order valence-corrected chi connectivity index (χ4v) is 4.62. The minimum Gasteiger partial charge on any atom is -0.338 e. The monoisotopic (exact) mass is 549 g/mol. The number of urea groups is 1. The molecule has 198 valence electrons. The topological polar surface area (TPSA) is 111 Å². The van der Waals surface area contributed by atoms with E-state index in [0.29, 0.717) is 5.56 Å². The molecule has 0 bridgehead atoms. The van der Waals surface area contributed by atoms with Crippen molar-refractivity contribution >= 4 is 41.3 Å². The van der Waals surface area contributed by atoms with Crippen molar-refractivity contribution in [3.05, 3.63) is 28.9 Å². The van der Waals surface area contributed by atoms with Crippen LogP contribution in [-0.2, 0) is 15.8 Å². The lowest BCUT2D eigenvalue weighted by Crippen LogP contribution is -2.66. The molecule has 2 aliphatic rings. The summed E-state index contributed by atoms with van der Waals surface area (Å²) < 4.78 is 77.5. The van der Waals surface area contributed by atoms with E-state index in [1.807, 2.05) is 0 Å². The van der Waals surface area contributed by atoms with Crippen molar-refractivity contribution in [3.8, 4) is 10.6 Å². The molecule has 0 saturated carbocycles. The Balaban J connectivity index is 1.44. The smallest absolute Gasteiger partial charge is 0.338 e. The number of carbonyl (C=O) groups excluding carboxylic acids is 3. The molecule has 1 N–H and O–H groups in total. The van der Waals surface area contributed by atoms with Crippen LogP contribution in [0.25, 0.3) is 10.6 Å². The number of fused-ring (bicyclic) bond motifs is 1. The fourth-order valence-electron chi connectivity index (χ4n) is 3.88. The second-order valence-electron chi connectivity index (χ2n) is 8.20. The summed E-state index contributed by atoms with van der Waals surface area (Å²) in [4.78, 5) is 51.2. The van der Waals surface area contributed by atoms with Crippen LogP contribution in [0, 0.1) is 6.92 Å². The molecule has 10 nitrogen and oxygen atoms in total. The molecule has 0 radical (unpaired) electrons. The quantitative estimate of drug-likeness (QED) is 0.575. The van der Waals surface area contributed by atoms with Gasteiger partial charge in [-0.3, -0.25) is 19.5 Å². The van der Waals surface area contributed by atoms with Gasteiger partial charge in [0.2, 0.25) is 5.91 Å². The van der Waals surface area contributed by atoms with E-state index in [1.54, 1.807) is 0 Å². The average molecular weight is 549 g/mol. The molecule has 2 atom stereocenters. The van der Waals surface area contributed by atoms with Gasteiger partial charge in [0, 0.05) is 24.2 Å². The lowest BCUT2D eigenvalue weighted by atomic mass is 10.1. The van der Waals surface area contributed by atoms with Gasteiger partial charge in [0.05, 0.1) is 12.9 Å². The molecule has 1 saturated heterocycles. The molecule has 0 spiro atoms. The fraction of sp³-hybridized carbons (Fsp3) is 0.400. The Bertz CT molecular complexity index is 1280. The molecule has 4 rings (SSSR count). The molecule has 4 heterocycles. The number of hydrogen-bond acceptors (Lipinski definition) is 8. The summed E-state index contributed by atoms with van der Waals surface area (Å²) in [5, 5.41) is 4.18. The van der Waals surface area contributed by atoms with Gasteiger partial charge < -0.3 is 15.1 Å². The standard InChI is InChI=1S/C20H17F6N7O3S/c1-9-3-10(4-27-14(9)20(24,25)26)16-30-11(6-37-16)29-12(34)5-32-8-28-15-13(32)17(35)33(7-19(21,22)23)18(36)31(15)2/h3-4,6,8,13,15H,5,7H2,1-2H3,(H,29,34). The number of hydrogen-bond donors (Lipinski definition) is 1. The summed E-state index contributed by atoms with van der Waals surface area (Å²) in [5.74, 6) is -1.77. The molecule has 1 fully saturated rings. The predicted molar refractivity (Wildman–Crippen MR) is 117 cm³/mol. The second-order valence-corrected chi connectivity index (χ2v) is 9.06. The summed E-state index contributed by atoms with van der Waals surface area (Å²) in [6.07, 6.45) is -8.39. The van der Waals surface area contributed by atoms with E-state index < -0.39 is 61.2 Å². The van der Waals surface area contributed by atoms with E-state index in [1.165, 1.54) is 25.4 Å². The van der Waals surface area contributed by atoms with E-state index in [4.69, 9.17) is 0 Å². The number of halogens is 6. The highest BCUT2D eigenvalue weighted by Gasteiger charge is 2.52. The van der Waals surface area contributed by atoms with Crippen LogP contribution in [0.5, 0.6) is 0 Å². The van der Waals surface area contributed by atoms with E-state index in [9.17, 15) is 40.7 Å². The van der Waals surface area contributed by atoms with Gasteiger partial charge in [0.25, 0.3) is 5.91 Å². The van der Waals surface area contributed by atoms with Crippen LogP contribution >= 0.6 is 11.3 Å². The first-order valence-electron chi connectivity index (χ1n) is 10.4. The highest BCUT2D eigenvalue weighted by molar-refractivity contribution is 7.13. The predicted octanol–water partition coefficient (Wildman–Crippen LogP) is 2.97. The minimum absolute atomic E-state index is 0.0630. The number of rotatable bonds is 5. The van der Waals surface area contributed by atoms with Gasteiger partial charge in [-0.2, -0.15) is 26.3 Å². The largest absolute Gasteiger partial charge is 0.433 e. The number of thiazole rings is 1. The molecule has 4 amide bonds. The Hall–Kier alpha value is -3.76. The summed E-state index contributed by atoms with van der Waals surface area (Å²) in [5.41, 5.74) is -0.824. The highest BCUT2D eigenvalue weighted by Crippen LogP contribution is 2.33. The average Bonchev–Trinajstić information content (AvgIpc) is 3.41. The number of aliphatic imine (C=N–C) groups is 1. The third kappa shape index (κ3) is 5.35. The number of carbonyl (C=O) groups is 3. The van der Waals surface area contributed by atoms with Crippen molar-refractivity contribution in [2.24, 2.45) is 4.99 Å². The number of aromatic nitrogens is 2. The maximum absolute atomic E-state index is 12.9. The van der Waals surface area contributed by atoms with Crippen molar-refractivity contribution in [3.63, 3.8) is 0 Å². The van der Waals surface area contributed by atoms with Crippen LogP contribution in [0.4, 0.5) is 37.0 Å². The SMILES string of the molecule is Cc1cc(-c2nc(NC(=O)CN3C=NC4C3C(=O)N(CC(F)(F)F)C(=O)N4C)cs2)cnc1C(F)(F)F. The Kier molecular flexibility index (Phi) is 6.60. The van der Waals surface area contributed by atoms with Crippen LogP contribution in [0.2, 0.25) is 0 Å². The van der Waals surface area contributed by atoms with Gasteiger partial charge in [0.15, 0.2) is 12.2 Å². The van der Waals surface area contributed by atoms with Crippen LogP contribution in [0.1, 0.15) is 11.3 Å². The summed E-state index contributed by atoms with van der Waals surface area (Å²) in [6, 6.07) is -1.22. The first kappa shape index (κ1) is 26.3. The van der Waals surface area contributed by atoms with Gasteiger partial charge in [-0.15, -0.1) is 11.3 Å². The zero-order chi connectivity index (χ0) is 27.3. The lowest BCUT2D eigenvalue weighted by molar-refractivity contribution is -0.162. The van der Waals surface area contributed by atoms with Crippen molar-refractivity contribution in [1.82, 2.24) is 24.7 Å². The molecule has 37 heavy (non-hydrogen) atoms. The Morgan fingerprint density at radius 1 is 1.19 bits per heavy atom. The molecular formula is C20H17F6N7O3S. The Labute approximate surface area is 208 Å². The first-order valence-corrected chi connectivity index (χ1v) is 11.3. The number of anilines is 1. The second kappa shape index (κ2) is 9.28. The maximum Gasteiger partial charge on any atom is 0.433 e. The summed E-state index contributed by atoms with van der Waals surface area (Å²) in [7, 11) is 1.20. The molecule has 2 aliphatic heterocycles.